The standard InChI is InChI=1S/C32H36N2O7S/c1-21(36)33-25-14-16-28(17-15-25)42-20-27-18-29(23-8-6-22(19-35)7-9-23)41-32(40-27)24-10-12-26(13-11-24)34-30(37)4-2-3-5-31(38)39/h6-17,27,29,32,35H,2-5,18-20H2,1H3,(H,33,36)(H,34,37)(H,38,39)/t27-,29+,32+/m1/s1. The van der Waals surface area contributed by atoms with Gasteiger partial charge in [-0.2, -0.15) is 0 Å². The molecule has 4 rings (SSSR count). The Kier molecular flexibility index (Phi) is 11.5. The van der Waals surface area contributed by atoms with Crippen LogP contribution in [0.1, 0.15) is 68.1 Å². The minimum atomic E-state index is -0.860. The number of thioether (sulfide) groups is 1. The van der Waals surface area contributed by atoms with Crippen LogP contribution in [0.5, 0.6) is 0 Å². The summed E-state index contributed by atoms with van der Waals surface area (Å²) in [5.41, 5.74) is 4.04. The normalized spacial score (nSPS) is 18.3. The van der Waals surface area contributed by atoms with Gasteiger partial charge in [-0.25, -0.2) is 0 Å². The van der Waals surface area contributed by atoms with E-state index >= 15 is 0 Å². The highest BCUT2D eigenvalue weighted by molar-refractivity contribution is 7.99. The largest absolute Gasteiger partial charge is 0.481 e. The molecule has 0 spiro atoms. The number of anilines is 2. The van der Waals surface area contributed by atoms with E-state index in [9.17, 15) is 19.5 Å². The van der Waals surface area contributed by atoms with Crippen LogP contribution in [0.15, 0.2) is 77.7 Å². The molecule has 3 aromatic carbocycles. The van der Waals surface area contributed by atoms with Crippen LogP contribution < -0.4 is 10.6 Å². The average molecular weight is 593 g/mol. The molecule has 0 saturated carbocycles. The molecule has 2 amide bonds. The maximum atomic E-state index is 12.2. The molecule has 1 aliphatic rings. The summed E-state index contributed by atoms with van der Waals surface area (Å²) in [7, 11) is 0. The Hall–Kier alpha value is -3.70. The van der Waals surface area contributed by atoms with E-state index in [1.807, 2.05) is 60.7 Å². The van der Waals surface area contributed by atoms with Crippen molar-refractivity contribution in [2.24, 2.45) is 0 Å². The van der Waals surface area contributed by atoms with Crippen LogP contribution in [-0.4, -0.2) is 39.9 Å². The van der Waals surface area contributed by atoms with Crippen LogP contribution in [0.3, 0.4) is 0 Å². The number of hydrogen-bond donors (Lipinski definition) is 4. The lowest BCUT2D eigenvalue weighted by Gasteiger charge is -2.36. The number of benzene rings is 3. The minimum Gasteiger partial charge on any atom is -0.481 e. The van der Waals surface area contributed by atoms with Crippen LogP contribution in [0.2, 0.25) is 0 Å². The van der Waals surface area contributed by atoms with Gasteiger partial charge in [-0.1, -0.05) is 36.4 Å². The zero-order chi connectivity index (χ0) is 29.9. The van der Waals surface area contributed by atoms with E-state index in [1.54, 1.807) is 23.9 Å². The first-order chi connectivity index (χ1) is 20.3. The summed E-state index contributed by atoms with van der Waals surface area (Å²) in [6, 6.07) is 22.8. The highest BCUT2D eigenvalue weighted by Gasteiger charge is 2.32. The van der Waals surface area contributed by atoms with Gasteiger partial charge in [0.15, 0.2) is 6.29 Å². The molecule has 0 aromatic heterocycles. The van der Waals surface area contributed by atoms with Crippen molar-refractivity contribution < 1.29 is 34.1 Å². The van der Waals surface area contributed by atoms with Crippen LogP contribution in [-0.2, 0) is 30.5 Å². The molecule has 3 aromatic rings. The van der Waals surface area contributed by atoms with Gasteiger partial charge >= 0.3 is 5.97 Å². The van der Waals surface area contributed by atoms with Crippen molar-refractivity contribution in [2.45, 2.75) is 69.0 Å². The first kappa shape index (κ1) is 31.2. The highest BCUT2D eigenvalue weighted by atomic mass is 32.2. The molecular formula is C32H36N2O7S. The molecule has 0 radical (unpaired) electrons. The highest BCUT2D eigenvalue weighted by Crippen LogP contribution is 2.39. The van der Waals surface area contributed by atoms with Crippen molar-refractivity contribution in [1.29, 1.82) is 0 Å². The summed E-state index contributed by atoms with van der Waals surface area (Å²) in [5.74, 6) is -0.438. The monoisotopic (exact) mass is 592 g/mol. The molecule has 1 aliphatic heterocycles. The molecule has 0 bridgehead atoms. The number of aliphatic hydroxyl groups excluding tert-OH is 1. The van der Waals surface area contributed by atoms with E-state index in [1.165, 1.54) is 6.92 Å². The van der Waals surface area contributed by atoms with Crippen LogP contribution in [0.25, 0.3) is 0 Å². The number of unbranched alkanes of at least 4 members (excludes halogenated alkanes) is 1. The zero-order valence-corrected chi connectivity index (χ0v) is 24.3. The molecule has 9 nitrogen and oxygen atoms in total. The molecule has 1 heterocycles. The second-order valence-electron chi connectivity index (χ2n) is 10.1. The number of aliphatic carboxylic acids is 1. The first-order valence-corrected chi connectivity index (χ1v) is 14.9. The van der Waals surface area contributed by atoms with Crippen molar-refractivity contribution >= 4 is 40.9 Å². The predicted molar refractivity (Wildman–Crippen MR) is 161 cm³/mol. The molecule has 0 unspecified atom stereocenters. The number of ether oxygens (including phenoxy) is 2. The third-order valence-electron chi connectivity index (χ3n) is 6.74. The zero-order valence-electron chi connectivity index (χ0n) is 23.5. The third kappa shape index (κ3) is 9.70. The number of carboxylic acid groups (broad SMARTS) is 1. The van der Waals surface area contributed by atoms with Gasteiger partial charge in [-0.05, 0) is 60.4 Å². The topological polar surface area (TPSA) is 134 Å². The predicted octanol–water partition coefficient (Wildman–Crippen LogP) is 6.06. The quantitative estimate of drug-likeness (QED) is 0.139. The van der Waals surface area contributed by atoms with E-state index in [2.05, 4.69) is 10.6 Å². The Morgan fingerprint density at radius 1 is 0.833 bits per heavy atom. The maximum absolute atomic E-state index is 12.2. The first-order valence-electron chi connectivity index (χ1n) is 13.9. The van der Waals surface area contributed by atoms with E-state index in [-0.39, 0.29) is 43.5 Å². The van der Waals surface area contributed by atoms with Gasteiger partial charge in [-0.15, -0.1) is 11.8 Å². The van der Waals surface area contributed by atoms with Gasteiger partial charge in [0, 0.05) is 53.8 Å². The lowest BCUT2D eigenvalue weighted by molar-refractivity contribution is -0.245. The van der Waals surface area contributed by atoms with E-state index in [0.717, 1.165) is 27.3 Å². The van der Waals surface area contributed by atoms with Gasteiger partial charge in [0.2, 0.25) is 11.8 Å². The second-order valence-corrected chi connectivity index (χ2v) is 11.2. The molecule has 4 N–H and O–H groups in total. The fourth-order valence-electron chi connectivity index (χ4n) is 4.56. The van der Waals surface area contributed by atoms with Gasteiger partial charge < -0.3 is 30.3 Å². The number of rotatable bonds is 13. The molecule has 3 atom stereocenters. The van der Waals surface area contributed by atoms with Gasteiger partial charge in [0.05, 0.1) is 18.8 Å². The number of carboxylic acids is 1. The molecule has 0 aliphatic carbocycles. The lowest BCUT2D eigenvalue weighted by Crippen LogP contribution is -2.31. The smallest absolute Gasteiger partial charge is 0.303 e. The van der Waals surface area contributed by atoms with E-state index in [4.69, 9.17) is 14.6 Å². The summed E-state index contributed by atoms with van der Waals surface area (Å²) < 4.78 is 12.8. The Morgan fingerprint density at radius 3 is 2.10 bits per heavy atom. The third-order valence-corrected chi connectivity index (χ3v) is 7.88. The fourth-order valence-corrected chi connectivity index (χ4v) is 5.48. The Balaban J connectivity index is 1.41. The molecule has 1 fully saturated rings. The molecular weight excluding hydrogens is 556 g/mol. The van der Waals surface area contributed by atoms with Crippen LogP contribution in [0, 0.1) is 0 Å². The van der Waals surface area contributed by atoms with Crippen molar-refractivity contribution in [1.82, 2.24) is 0 Å². The summed E-state index contributed by atoms with van der Waals surface area (Å²) in [6.07, 6.45) is 1.00. The van der Waals surface area contributed by atoms with Crippen molar-refractivity contribution in [3.05, 3.63) is 89.5 Å². The van der Waals surface area contributed by atoms with Crippen molar-refractivity contribution in [2.75, 3.05) is 16.4 Å². The molecule has 10 heteroatoms. The maximum Gasteiger partial charge on any atom is 0.303 e. The minimum absolute atomic E-state index is 0.0250. The van der Waals surface area contributed by atoms with Gasteiger partial charge in [0.25, 0.3) is 0 Å². The van der Waals surface area contributed by atoms with Crippen LogP contribution in [0.4, 0.5) is 11.4 Å². The molecule has 222 valence electrons. The SMILES string of the molecule is CC(=O)Nc1ccc(SC[C@H]2C[C@@H](c3ccc(CO)cc3)O[C@@H](c3ccc(NC(=O)CCCCC(=O)O)cc3)O2)cc1. The summed E-state index contributed by atoms with van der Waals surface area (Å²) in [6.45, 7) is 1.45. The Bertz CT molecular complexity index is 1330. The summed E-state index contributed by atoms with van der Waals surface area (Å²) >= 11 is 1.67. The fraction of sp³-hybridized carbons (Fsp3) is 0.344. The lowest BCUT2D eigenvalue weighted by atomic mass is 10.0. The molecule has 42 heavy (non-hydrogen) atoms. The van der Waals surface area contributed by atoms with Crippen LogP contribution >= 0.6 is 11.8 Å². The summed E-state index contributed by atoms with van der Waals surface area (Å²) in [5, 5.41) is 23.8. The van der Waals surface area contributed by atoms with Crippen molar-refractivity contribution in [3.63, 3.8) is 0 Å². The Labute approximate surface area is 249 Å². The summed E-state index contributed by atoms with van der Waals surface area (Å²) in [4.78, 5) is 35.2. The second kappa shape index (κ2) is 15.5. The number of carbonyl (C=O) groups excluding carboxylic acids is 2. The van der Waals surface area contributed by atoms with Gasteiger partial charge in [0.1, 0.15) is 0 Å². The Morgan fingerprint density at radius 2 is 1.45 bits per heavy atom. The number of hydrogen-bond acceptors (Lipinski definition) is 7. The molecule has 1 saturated heterocycles. The average Bonchev–Trinajstić information content (AvgIpc) is 2.99. The number of carbonyl (C=O) groups is 3. The number of amides is 2. The van der Waals surface area contributed by atoms with Gasteiger partial charge in [-0.3, -0.25) is 14.4 Å². The van der Waals surface area contributed by atoms with E-state index < -0.39 is 12.3 Å². The number of nitrogens with one attached hydrogen (secondary N) is 2. The van der Waals surface area contributed by atoms with Crippen molar-refractivity contribution in [3.8, 4) is 0 Å². The van der Waals surface area contributed by atoms with E-state index in [0.29, 0.717) is 30.7 Å². The number of aliphatic hydroxyl groups is 1.